The molecule has 0 fully saturated rings. The Morgan fingerprint density at radius 1 is 1.11 bits per heavy atom. The first-order chi connectivity index (χ1) is 13.0. The van der Waals surface area contributed by atoms with Crippen LogP contribution in [-0.2, 0) is 9.53 Å². The highest BCUT2D eigenvalue weighted by Crippen LogP contribution is 2.27. The monoisotopic (exact) mass is 384 g/mol. The molecule has 2 aromatic heterocycles. The molecule has 0 saturated carbocycles. The average Bonchev–Trinajstić information content (AvgIpc) is 3.02. The molecule has 2 heterocycles. The molecule has 27 heavy (non-hydrogen) atoms. The standard InChI is InChI=1S/C18H16N4O4S/c1-3-26-17(25)12-4-5-13-14(8-12)27-18(21-13)22-16(24)11-6-7-19-15(9-11)20-10(2)23/h4-9H,3H2,1-2H3,(H,19,20,23)(H,21,22,24). The topological polar surface area (TPSA) is 110 Å². The van der Waals surface area contributed by atoms with Crippen LogP contribution in [0.2, 0.25) is 0 Å². The van der Waals surface area contributed by atoms with Gasteiger partial charge in [-0.3, -0.25) is 14.9 Å². The summed E-state index contributed by atoms with van der Waals surface area (Å²) in [5, 5.41) is 5.64. The van der Waals surface area contributed by atoms with E-state index >= 15 is 0 Å². The first-order valence-electron chi connectivity index (χ1n) is 8.09. The van der Waals surface area contributed by atoms with Gasteiger partial charge in [0.1, 0.15) is 5.82 Å². The van der Waals surface area contributed by atoms with Gasteiger partial charge in [0.15, 0.2) is 5.13 Å². The zero-order valence-electron chi connectivity index (χ0n) is 14.6. The quantitative estimate of drug-likeness (QED) is 0.654. The molecule has 0 bridgehead atoms. The SMILES string of the molecule is CCOC(=O)c1ccc2nc(NC(=O)c3ccnc(NC(C)=O)c3)sc2c1. The van der Waals surface area contributed by atoms with Crippen LogP contribution in [0.4, 0.5) is 10.9 Å². The van der Waals surface area contributed by atoms with Crippen molar-refractivity contribution in [1.29, 1.82) is 0 Å². The van der Waals surface area contributed by atoms with E-state index in [-0.39, 0.29) is 11.8 Å². The van der Waals surface area contributed by atoms with Crippen LogP contribution in [0.1, 0.15) is 34.6 Å². The number of hydrogen-bond donors (Lipinski definition) is 2. The normalized spacial score (nSPS) is 10.4. The first-order valence-corrected chi connectivity index (χ1v) is 8.90. The minimum Gasteiger partial charge on any atom is -0.462 e. The van der Waals surface area contributed by atoms with Crippen molar-refractivity contribution < 1.29 is 19.1 Å². The van der Waals surface area contributed by atoms with Gasteiger partial charge in [-0.05, 0) is 37.3 Å². The number of rotatable bonds is 5. The number of esters is 1. The van der Waals surface area contributed by atoms with Crippen molar-refractivity contribution in [3.8, 4) is 0 Å². The average molecular weight is 384 g/mol. The number of hydrogen-bond acceptors (Lipinski definition) is 7. The molecule has 2 N–H and O–H groups in total. The van der Waals surface area contributed by atoms with Gasteiger partial charge in [0, 0.05) is 18.7 Å². The number of nitrogens with one attached hydrogen (secondary N) is 2. The van der Waals surface area contributed by atoms with E-state index in [9.17, 15) is 14.4 Å². The third-order valence-corrected chi connectivity index (χ3v) is 4.38. The number of carbonyl (C=O) groups is 3. The summed E-state index contributed by atoms with van der Waals surface area (Å²) in [6.07, 6.45) is 1.43. The Hall–Kier alpha value is -3.33. The predicted molar refractivity (Wildman–Crippen MR) is 102 cm³/mol. The van der Waals surface area contributed by atoms with Gasteiger partial charge < -0.3 is 10.1 Å². The minimum atomic E-state index is -0.402. The van der Waals surface area contributed by atoms with Crippen LogP contribution >= 0.6 is 11.3 Å². The van der Waals surface area contributed by atoms with Gasteiger partial charge in [0.25, 0.3) is 5.91 Å². The van der Waals surface area contributed by atoms with Crippen LogP contribution in [0.25, 0.3) is 10.2 Å². The van der Waals surface area contributed by atoms with Crippen molar-refractivity contribution >= 4 is 50.3 Å². The van der Waals surface area contributed by atoms with Gasteiger partial charge in [-0.2, -0.15) is 0 Å². The lowest BCUT2D eigenvalue weighted by molar-refractivity contribution is -0.114. The van der Waals surface area contributed by atoms with Gasteiger partial charge in [-0.1, -0.05) is 11.3 Å². The number of anilines is 2. The van der Waals surface area contributed by atoms with Crippen LogP contribution < -0.4 is 10.6 Å². The van der Waals surface area contributed by atoms with Crippen molar-refractivity contribution in [2.45, 2.75) is 13.8 Å². The molecule has 138 valence electrons. The number of aromatic nitrogens is 2. The molecule has 3 rings (SSSR count). The number of ether oxygens (including phenoxy) is 1. The zero-order chi connectivity index (χ0) is 19.4. The fraction of sp³-hybridized carbons (Fsp3) is 0.167. The van der Waals surface area contributed by atoms with E-state index in [1.54, 1.807) is 25.1 Å². The summed E-state index contributed by atoms with van der Waals surface area (Å²) >= 11 is 1.25. The van der Waals surface area contributed by atoms with Crippen LogP contribution in [0, 0.1) is 0 Å². The Kier molecular flexibility index (Phi) is 5.41. The van der Waals surface area contributed by atoms with Crippen LogP contribution in [0.15, 0.2) is 36.5 Å². The van der Waals surface area contributed by atoms with E-state index in [4.69, 9.17) is 4.74 Å². The Balaban J connectivity index is 1.79. The fourth-order valence-corrected chi connectivity index (χ4v) is 3.21. The number of nitrogens with zero attached hydrogens (tertiary/aromatic N) is 2. The highest BCUT2D eigenvalue weighted by Gasteiger charge is 2.13. The van der Waals surface area contributed by atoms with E-state index in [2.05, 4.69) is 20.6 Å². The highest BCUT2D eigenvalue weighted by molar-refractivity contribution is 7.22. The molecule has 0 atom stereocenters. The van der Waals surface area contributed by atoms with E-state index in [0.29, 0.717) is 34.2 Å². The molecular formula is C18H16N4O4S. The molecule has 1 aromatic carbocycles. The van der Waals surface area contributed by atoms with E-state index in [1.807, 2.05) is 0 Å². The van der Waals surface area contributed by atoms with Gasteiger partial charge in [-0.25, -0.2) is 14.8 Å². The maximum atomic E-state index is 12.4. The molecule has 0 aliphatic carbocycles. The van der Waals surface area contributed by atoms with Crippen molar-refractivity contribution in [3.63, 3.8) is 0 Å². The molecule has 0 aliphatic heterocycles. The lowest BCUT2D eigenvalue weighted by atomic mass is 10.2. The lowest BCUT2D eigenvalue weighted by Crippen LogP contribution is -2.13. The molecular weight excluding hydrogens is 368 g/mol. The first kappa shape index (κ1) is 18.5. The zero-order valence-corrected chi connectivity index (χ0v) is 15.4. The summed E-state index contributed by atoms with van der Waals surface area (Å²) in [4.78, 5) is 43.7. The van der Waals surface area contributed by atoms with Gasteiger partial charge >= 0.3 is 5.97 Å². The number of thiazole rings is 1. The molecule has 0 radical (unpaired) electrons. The van der Waals surface area contributed by atoms with Crippen molar-refractivity contribution in [2.75, 3.05) is 17.2 Å². The molecule has 0 aliphatic rings. The lowest BCUT2D eigenvalue weighted by Gasteiger charge is -2.04. The summed E-state index contributed by atoms with van der Waals surface area (Å²) in [6, 6.07) is 8.03. The summed E-state index contributed by atoms with van der Waals surface area (Å²) in [7, 11) is 0. The maximum absolute atomic E-state index is 12.4. The molecule has 2 amide bonds. The maximum Gasteiger partial charge on any atom is 0.338 e. The third-order valence-electron chi connectivity index (χ3n) is 3.45. The number of carbonyl (C=O) groups excluding carboxylic acids is 3. The smallest absolute Gasteiger partial charge is 0.338 e. The van der Waals surface area contributed by atoms with Crippen LogP contribution in [0.3, 0.4) is 0 Å². The Bertz CT molecular complexity index is 1030. The highest BCUT2D eigenvalue weighted by atomic mass is 32.1. The third kappa shape index (κ3) is 4.45. The Morgan fingerprint density at radius 2 is 1.93 bits per heavy atom. The second-order valence-electron chi connectivity index (χ2n) is 5.49. The molecule has 8 nitrogen and oxygen atoms in total. The summed E-state index contributed by atoms with van der Waals surface area (Å²) < 4.78 is 5.74. The van der Waals surface area contributed by atoms with Gasteiger partial charge in [0.2, 0.25) is 5.91 Å². The molecule has 3 aromatic rings. The Morgan fingerprint density at radius 3 is 2.67 bits per heavy atom. The molecule has 0 unspecified atom stereocenters. The van der Waals surface area contributed by atoms with Crippen molar-refractivity contribution in [1.82, 2.24) is 9.97 Å². The molecule has 9 heteroatoms. The van der Waals surface area contributed by atoms with Gasteiger partial charge in [0.05, 0.1) is 22.4 Å². The summed E-state index contributed by atoms with van der Waals surface area (Å²) in [5.74, 6) is -0.767. The van der Waals surface area contributed by atoms with E-state index in [0.717, 1.165) is 4.70 Å². The van der Waals surface area contributed by atoms with Gasteiger partial charge in [-0.15, -0.1) is 0 Å². The fourth-order valence-electron chi connectivity index (χ4n) is 2.31. The largest absolute Gasteiger partial charge is 0.462 e. The number of pyridine rings is 1. The van der Waals surface area contributed by atoms with Crippen molar-refractivity contribution in [3.05, 3.63) is 47.7 Å². The predicted octanol–water partition coefficient (Wildman–Crippen LogP) is 3.08. The van der Waals surface area contributed by atoms with Crippen LogP contribution in [0.5, 0.6) is 0 Å². The van der Waals surface area contributed by atoms with Crippen LogP contribution in [-0.4, -0.2) is 34.4 Å². The number of benzene rings is 1. The van der Waals surface area contributed by atoms with E-state index < -0.39 is 5.97 Å². The Labute approximate surface area is 158 Å². The van der Waals surface area contributed by atoms with Crippen molar-refractivity contribution in [2.24, 2.45) is 0 Å². The minimum absolute atomic E-state index is 0.274. The second-order valence-corrected chi connectivity index (χ2v) is 6.52. The number of amides is 2. The summed E-state index contributed by atoms with van der Waals surface area (Å²) in [5.41, 5.74) is 1.43. The number of fused-ring (bicyclic) bond motifs is 1. The molecule has 0 saturated heterocycles. The summed E-state index contributed by atoms with van der Waals surface area (Å²) in [6.45, 7) is 3.40. The van der Waals surface area contributed by atoms with E-state index in [1.165, 1.54) is 36.6 Å². The molecule has 0 spiro atoms. The second kappa shape index (κ2) is 7.92.